The molecule has 2 aromatic carbocycles. The molecule has 0 saturated carbocycles. The second kappa shape index (κ2) is 7.71. The molecule has 0 radical (unpaired) electrons. The quantitative estimate of drug-likeness (QED) is 0.480. The third-order valence-electron chi connectivity index (χ3n) is 2.24. The molecule has 2 aromatic rings. The Hall–Kier alpha value is -2.55. The van der Waals surface area contributed by atoms with E-state index in [-0.39, 0.29) is 12.1 Å². The highest BCUT2D eigenvalue weighted by atomic mass is 16.2. The van der Waals surface area contributed by atoms with Crippen LogP contribution in [-0.4, -0.2) is 17.9 Å². The van der Waals surface area contributed by atoms with E-state index in [0.717, 1.165) is 11.1 Å². The third kappa shape index (κ3) is 5.08. The Kier molecular flexibility index (Phi) is 5.89. The first-order valence-electron chi connectivity index (χ1n) is 5.75. The van der Waals surface area contributed by atoms with Crippen molar-refractivity contribution >= 4 is 17.9 Å². The average Bonchev–Trinajstić information content (AvgIpc) is 2.49. The number of hydrogen-bond acceptors (Lipinski definition) is 3. The first-order chi connectivity index (χ1) is 9.15. The van der Waals surface area contributed by atoms with Gasteiger partial charge in [-0.3, -0.25) is 14.4 Å². The number of hydrogen-bond donors (Lipinski definition) is 0. The van der Waals surface area contributed by atoms with Crippen LogP contribution < -0.4 is 0 Å². The molecule has 0 heterocycles. The van der Waals surface area contributed by atoms with Gasteiger partial charge >= 0.3 is 0 Å². The van der Waals surface area contributed by atoms with Crippen LogP contribution in [0.2, 0.25) is 0 Å². The molecule has 0 fully saturated rings. The number of aldehydes is 1. The molecule has 0 amide bonds. The lowest BCUT2D eigenvalue weighted by atomic mass is 10.0. The summed E-state index contributed by atoms with van der Waals surface area (Å²) in [5.41, 5.74) is 1.47. The summed E-state index contributed by atoms with van der Waals surface area (Å²) in [4.78, 5) is 30.4. The van der Waals surface area contributed by atoms with E-state index in [1.165, 1.54) is 6.92 Å². The lowest BCUT2D eigenvalue weighted by Gasteiger charge is -1.99. The zero-order valence-corrected chi connectivity index (χ0v) is 10.6. The molecule has 0 bridgehead atoms. The SMILES string of the molecule is CC(=O)C=O.O=C(c1ccccc1)c1ccccc1. The first-order valence-corrected chi connectivity index (χ1v) is 5.75. The van der Waals surface area contributed by atoms with Crippen molar-refractivity contribution in [2.24, 2.45) is 0 Å². The molecule has 0 aliphatic heterocycles. The van der Waals surface area contributed by atoms with Crippen molar-refractivity contribution in [1.29, 1.82) is 0 Å². The molecule has 3 heteroatoms. The lowest BCUT2D eigenvalue weighted by Crippen LogP contribution is -1.99. The lowest BCUT2D eigenvalue weighted by molar-refractivity contribution is -0.128. The zero-order chi connectivity index (χ0) is 14.1. The summed E-state index contributed by atoms with van der Waals surface area (Å²) in [5, 5.41) is 0. The van der Waals surface area contributed by atoms with Gasteiger partial charge in [0.25, 0.3) is 0 Å². The number of ketones is 2. The molecular weight excluding hydrogens is 240 g/mol. The van der Waals surface area contributed by atoms with Crippen LogP contribution in [0.15, 0.2) is 60.7 Å². The fourth-order valence-electron chi connectivity index (χ4n) is 1.35. The maximum absolute atomic E-state index is 11.8. The van der Waals surface area contributed by atoms with Crippen molar-refractivity contribution < 1.29 is 14.4 Å². The summed E-state index contributed by atoms with van der Waals surface area (Å²) in [6.45, 7) is 1.22. The molecule has 0 atom stereocenters. The van der Waals surface area contributed by atoms with E-state index < -0.39 is 5.78 Å². The predicted octanol–water partition coefficient (Wildman–Crippen LogP) is 2.69. The van der Waals surface area contributed by atoms with E-state index in [0.29, 0.717) is 0 Å². The van der Waals surface area contributed by atoms with E-state index in [1.807, 2.05) is 60.7 Å². The summed E-state index contributed by atoms with van der Waals surface area (Å²) in [6, 6.07) is 18.6. The first kappa shape index (κ1) is 14.5. The largest absolute Gasteiger partial charge is 0.295 e. The maximum atomic E-state index is 11.8. The minimum Gasteiger partial charge on any atom is -0.295 e. The molecule has 0 N–H and O–H groups in total. The predicted molar refractivity (Wildman–Crippen MR) is 73.1 cm³/mol. The van der Waals surface area contributed by atoms with Crippen LogP contribution in [0.3, 0.4) is 0 Å². The van der Waals surface area contributed by atoms with E-state index in [2.05, 4.69) is 0 Å². The molecule has 0 saturated heterocycles. The number of rotatable bonds is 3. The van der Waals surface area contributed by atoms with Gasteiger partial charge in [0.05, 0.1) is 0 Å². The van der Waals surface area contributed by atoms with Crippen LogP contribution in [-0.2, 0) is 9.59 Å². The number of Topliss-reactive ketones (excluding diaryl/α,β-unsaturated/α-hetero) is 1. The molecule has 19 heavy (non-hydrogen) atoms. The molecule has 96 valence electrons. The number of benzene rings is 2. The number of carbonyl (C=O) groups excluding carboxylic acids is 3. The Labute approximate surface area is 111 Å². The van der Waals surface area contributed by atoms with Crippen LogP contribution in [0.1, 0.15) is 22.8 Å². The Morgan fingerprint density at radius 3 is 1.37 bits per heavy atom. The fourth-order valence-corrected chi connectivity index (χ4v) is 1.35. The van der Waals surface area contributed by atoms with E-state index >= 15 is 0 Å². The topological polar surface area (TPSA) is 51.2 Å². The van der Waals surface area contributed by atoms with Gasteiger partial charge in [-0.05, 0) is 0 Å². The van der Waals surface area contributed by atoms with Gasteiger partial charge in [0, 0.05) is 18.1 Å². The Balaban J connectivity index is 0.000000312. The summed E-state index contributed by atoms with van der Waals surface area (Å²) >= 11 is 0. The molecule has 0 aliphatic rings. The van der Waals surface area contributed by atoms with E-state index in [9.17, 15) is 9.59 Å². The van der Waals surface area contributed by atoms with Gasteiger partial charge in [-0.25, -0.2) is 0 Å². The van der Waals surface area contributed by atoms with Crippen molar-refractivity contribution in [3.8, 4) is 0 Å². The van der Waals surface area contributed by atoms with Crippen LogP contribution in [0.5, 0.6) is 0 Å². The minimum atomic E-state index is -0.426. The van der Waals surface area contributed by atoms with Crippen molar-refractivity contribution in [2.75, 3.05) is 0 Å². The van der Waals surface area contributed by atoms with Crippen LogP contribution in [0, 0.1) is 0 Å². The van der Waals surface area contributed by atoms with Gasteiger partial charge in [0.2, 0.25) is 0 Å². The van der Waals surface area contributed by atoms with Crippen molar-refractivity contribution in [3.63, 3.8) is 0 Å². The Morgan fingerprint density at radius 1 is 0.789 bits per heavy atom. The molecule has 0 aromatic heterocycles. The Bertz CT molecular complexity index is 503. The zero-order valence-electron chi connectivity index (χ0n) is 10.6. The molecular formula is C16H14O3. The maximum Gasteiger partial charge on any atom is 0.193 e. The summed E-state index contributed by atoms with van der Waals surface area (Å²) in [6.07, 6.45) is 0.278. The van der Waals surface area contributed by atoms with Crippen molar-refractivity contribution in [1.82, 2.24) is 0 Å². The monoisotopic (exact) mass is 254 g/mol. The van der Waals surface area contributed by atoms with Crippen molar-refractivity contribution in [2.45, 2.75) is 6.92 Å². The highest BCUT2D eigenvalue weighted by Gasteiger charge is 2.06. The van der Waals surface area contributed by atoms with Crippen LogP contribution >= 0.6 is 0 Å². The van der Waals surface area contributed by atoms with Gasteiger partial charge in [-0.1, -0.05) is 60.7 Å². The van der Waals surface area contributed by atoms with Crippen LogP contribution in [0.4, 0.5) is 0 Å². The van der Waals surface area contributed by atoms with Gasteiger partial charge in [0.15, 0.2) is 17.9 Å². The molecule has 2 rings (SSSR count). The summed E-state index contributed by atoms with van der Waals surface area (Å²) in [5.74, 6) is -0.351. The smallest absolute Gasteiger partial charge is 0.193 e. The van der Waals surface area contributed by atoms with Gasteiger partial charge < -0.3 is 0 Å². The third-order valence-corrected chi connectivity index (χ3v) is 2.24. The number of carbonyl (C=O) groups is 3. The summed E-state index contributed by atoms with van der Waals surface area (Å²) in [7, 11) is 0. The second-order valence-electron chi connectivity index (χ2n) is 3.79. The second-order valence-corrected chi connectivity index (χ2v) is 3.79. The Morgan fingerprint density at radius 2 is 1.11 bits per heavy atom. The van der Waals surface area contributed by atoms with Gasteiger partial charge in [0.1, 0.15) is 0 Å². The highest BCUT2D eigenvalue weighted by molar-refractivity contribution is 6.23. The molecule has 3 nitrogen and oxygen atoms in total. The highest BCUT2D eigenvalue weighted by Crippen LogP contribution is 2.08. The normalized spacial score (nSPS) is 8.89. The molecule has 0 unspecified atom stereocenters. The fraction of sp³-hybridized carbons (Fsp3) is 0.0625. The minimum absolute atomic E-state index is 0.0752. The van der Waals surface area contributed by atoms with E-state index in [1.54, 1.807) is 0 Å². The standard InChI is InChI=1S/C13H10O.C3H4O2/c14-13(11-7-3-1-4-8-11)12-9-5-2-6-10-12;1-3(5)2-4/h1-10H;2H,1H3. The van der Waals surface area contributed by atoms with Crippen molar-refractivity contribution in [3.05, 3.63) is 71.8 Å². The molecule has 0 spiro atoms. The average molecular weight is 254 g/mol. The van der Waals surface area contributed by atoms with Gasteiger partial charge in [-0.2, -0.15) is 0 Å². The van der Waals surface area contributed by atoms with Crippen LogP contribution in [0.25, 0.3) is 0 Å². The van der Waals surface area contributed by atoms with E-state index in [4.69, 9.17) is 4.79 Å². The molecule has 0 aliphatic carbocycles. The van der Waals surface area contributed by atoms with Gasteiger partial charge in [-0.15, -0.1) is 0 Å². The summed E-state index contributed by atoms with van der Waals surface area (Å²) < 4.78 is 0.